The molecule has 2 aliphatic rings. The molecule has 0 amide bonds. The Morgan fingerprint density at radius 2 is 2.08 bits per heavy atom. The zero-order valence-electron chi connectivity index (χ0n) is 21.2. The zero-order chi connectivity index (χ0) is 28.8. The van der Waals surface area contributed by atoms with Crippen LogP contribution in [0.4, 0.5) is 8.78 Å². The van der Waals surface area contributed by atoms with Crippen molar-refractivity contribution >= 4 is 23.4 Å². The van der Waals surface area contributed by atoms with Gasteiger partial charge in [-0.2, -0.15) is 5.10 Å². The second-order valence-corrected chi connectivity index (χ2v) is 8.60. The average Bonchev–Trinajstić information content (AvgIpc) is 3.42. The predicted molar refractivity (Wildman–Crippen MR) is 138 cm³/mol. The number of hydrazone groups is 1. The van der Waals surface area contributed by atoms with E-state index < -0.39 is 48.7 Å². The molecule has 13 nitrogen and oxygen atoms in total. The number of nitrogens with two attached hydrogens (primary N) is 1. The number of carbonyl (C=O) groups excluding carboxylic acids is 1. The SMILES string of the molecule is COc1cc(F)c(C(NC2=C(C(=N)N)CC(=O)C(CC(=O)O)=C2)C2=NN[C@@H](c3ncccn3)N2)cc1OCCF. The number of halogens is 2. The van der Waals surface area contributed by atoms with Crippen molar-refractivity contribution in [2.24, 2.45) is 10.8 Å². The number of aliphatic carboxylic acids is 1. The third-order valence-corrected chi connectivity index (χ3v) is 5.96. The highest BCUT2D eigenvalue weighted by Crippen LogP contribution is 2.35. The van der Waals surface area contributed by atoms with Crippen molar-refractivity contribution in [3.63, 3.8) is 0 Å². The number of carboxylic acids is 1. The maximum absolute atomic E-state index is 15.6. The molecule has 0 spiro atoms. The number of rotatable bonds is 12. The van der Waals surface area contributed by atoms with Crippen LogP contribution in [-0.2, 0) is 9.59 Å². The van der Waals surface area contributed by atoms with Crippen molar-refractivity contribution in [2.75, 3.05) is 20.4 Å². The number of carbonyl (C=O) groups is 2. The van der Waals surface area contributed by atoms with Gasteiger partial charge in [-0.25, -0.2) is 18.7 Å². The summed E-state index contributed by atoms with van der Waals surface area (Å²) in [6.45, 7) is -1.11. The van der Waals surface area contributed by atoms with E-state index in [9.17, 15) is 19.1 Å². The lowest BCUT2D eigenvalue weighted by atomic mass is 9.91. The van der Waals surface area contributed by atoms with Crippen LogP contribution >= 0.6 is 0 Å². The minimum atomic E-state index is -1.23. The van der Waals surface area contributed by atoms with Gasteiger partial charge in [0, 0.05) is 47.3 Å². The number of methoxy groups -OCH3 is 1. The number of benzene rings is 1. The molecular formula is C25H26F2N8O5. The van der Waals surface area contributed by atoms with E-state index in [0.717, 1.165) is 6.07 Å². The molecule has 0 bridgehead atoms. The van der Waals surface area contributed by atoms with Gasteiger partial charge < -0.3 is 30.9 Å². The fraction of sp³-hybridized carbons (Fsp3) is 0.280. The highest BCUT2D eigenvalue weighted by molar-refractivity contribution is 6.09. The van der Waals surface area contributed by atoms with Gasteiger partial charge in [-0.1, -0.05) is 0 Å². The number of carboxylic acid groups (broad SMARTS) is 1. The molecule has 1 aliphatic heterocycles. The largest absolute Gasteiger partial charge is 0.493 e. The van der Waals surface area contributed by atoms with Gasteiger partial charge in [0.15, 0.2) is 35.1 Å². The molecule has 1 aliphatic carbocycles. The van der Waals surface area contributed by atoms with Gasteiger partial charge in [0.1, 0.15) is 31.0 Å². The van der Waals surface area contributed by atoms with Crippen LogP contribution < -0.4 is 31.3 Å². The molecule has 0 fully saturated rings. The van der Waals surface area contributed by atoms with Gasteiger partial charge in [0.05, 0.1) is 13.5 Å². The number of hydrogen-bond acceptors (Lipinski definition) is 11. The summed E-state index contributed by atoms with van der Waals surface area (Å²) in [6.07, 6.45) is 2.76. The number of nitrogens with zero attached hydrogens (tertiary/aromatic N) is 3. The van der Waals surface area contributed by atoms with Crippen molar-refractivity contribution in [2.45, 2.75) is 25.0 Å². The summed E-state index contributed by atoms with van der Waals surface area (Å²) in [7, 11) is 1.31. The van der Waals surface area contributed by atoms with Gasteiger partial charge in [0.2, 0.25) is 0 Å². The van der Waals surface area contributed by atoms with Crippen LogP contribution in [-0.4, -0.2) is 58.9 Å². The molecular weight excluding hydrogens is 530 g/mol. The van der Waals surface area contributed by atoms with Crippen LogP contribution in [0.2, 0.25) is 0 Å². The molecule has 15 heteroatoms. The summed E-state index contributed by atoms with van der Waals surface area (Å²) in [6, 6.07) is 2.87. The van der Waals surface area contributed by atoms with Crippen LogP contribution in [0.15, 0.2) is 58.6 Å². The first-order valence-corrected chi connectivity index (χ1v) is 11.9. The van der Waals surface area contributed by atoms with Crippen LogP contribution in [0, 0.1) is 11.2 Å². The molecule has 210 valence electrons. The molecule has 2 aromatic rings. The van der Waals surface area contributed by atoms with Crippen LogP contribution in [0.25, 0.3) is 0 Å². The topological polar surface area (TPSA) is 197 Å². The van der Waals surface area contributed by atoms with Crippen molar-refractivity contribution in [3.8, 4) is 11.5 Å². The lowest BCUT2D eigenvalue weighted by Crippen LogP contribution is -2.39. The Hall–Kier alpha value is -5.08. The standard InChI is InChI=1S/C25H26F2N8O5/c1-39-18-11-15(27)13(10-19(18)40-6-3-26)21(23-33-25(35-34-23)24-30-4-2-5-31-24)32-16-7-12(8-20(37)38)17(36)9-14(16)22(28)29/h2,4-5,7,10-11,21,25,32,35H,3,6,8-9H2,1H3,(H3,28,29)(H,33,34)(H,37,38)/t21?,25-/m0/s1. The van der Waals surface area contributed by atoms with Crippen molar-refractivity contribution in [3.05, 3.63) is 70.7 Å². The lowest BCUT2D eigenvalue weighted by Gasteiger charge is -2.26. The summed E-state index contributed by atoms with van der Waals surface area (Å²) in [5, 5.41) is 27.7. The summed E-state index contributed by atoms with van der Waals surface area (Å²) >= 11 is 0. The molecule has 0 saturated carbocycles. The number of aromatic nitrogens is 2. The van der Waals surface area contributed by atoms with Crippen LogP contribution in [0.5, 0.6) is 11.5 Å². The zero-order valence-corrected chi connectivity index (χ0v) is 21.2. The maximum atomic E-state index is 15.6. The Kier molecular flexibility index (Phi) is 8.51. The monoisotopic (exact) mass is 556 g/mol. The fourth-order valence-corrected chi connectivity index (χ4v) is 4.11. The molecule has 7 N–H and O–H groups in total. The Balaban J connectivity index is 1.80. The molecule has 2 heterocycles. The number of amidine groups is 2. The highest BCUT2D eigenvalue weighted by Gasteiger charge is 2.33. The lowest BCUT2D eigenvalue weighted by molar-refractivity contribution is -0.137. The molecule has 0 saturated heterocycles. The van der Waals surface area contributed by atoms with E-state index in [1.807, 2.05) is 0 Å². The van der Waals surface area contributed by atoms with E-state index in [4.69, 9.17) is 20.6 Å². The first-order valence-electron chi connectivity index (χ1n) is 11.9. The van der Waals surface area contributed by atoms with Gasteiger partial charge in [-0.3, -0.25) is 20.4 Å². The predicted octanol–water partition coefficient (Wildman–Crippen LogP) is 1.37. The number of allylic oxidation sites excluding steroid dienone is 1. The Morgan fingerprint density at radius 1 is 1.32 bits per heavy atom. The van der Waals surface area contributed by atoms with Gasteiger partial charge >= 0.3 is 5.97 Å². The number of nitrogens with one attached hydrogen (secondary N) is 4. The third kappa shape index (κ3) is 6.14. The Morgan fingerprint density at radius 3 is 2.73 bits per heavy atom. The summed E-state index contributed by atoms with van der Waals surface area (Å²) < 4.78 is 39.1. The first kappa shape index (κ1) is 27.9. The number of alkyl halides is 1. The minimum absolute atomic E-state index is 0.0269. The quantitative estimate of drug-likeness (QED) is 0.163. The third-order valence-electron chi connectivity index (χ3n) is 5.96. The molecule has 40 heavy (non-hydrogen) atoms. The fourth-order valence-electron chi connectivity index (χ4n) is 4.11. The number of ketones is 1. The van der Waals surface area contributed by atoms with Crippen LogP contribution in [0.1, 0.15) is 36.4 Å². The smallest absolute Gasteiger partial charge is 0.307 e. The minimum Gasteiger partial charge on any atom is -0.493 e. The van der Waals surface area contributed by atoms with Crippen molar-refractivity contribution in [1.82, 2.24) is 26.0 Å². The normalized spacial score (nSPS) is 17.3. The molecule has 1 aromatic carbocycles. The van der Waals surface area contributed by atoms with E-state index in [1.54, 1.807) is 6.07 Å². The summed E-state index contributed by atoms with van der Waals surface area (Å²) in [4.78, 5) is 32.2. The second kappa shape index (κ2) is 12.2. The molecule has 1 unspecified atom stereocenters. The average molecular weight is 557 g/mol. The highest BCUT2D eigenvalue weighted by atomic mass is 19.1. The van der Waals surface area contributed by atoms with Crippen molar-refractivity contribution < 1.29 is 33.0 Å². The number of hydrogen-bond donors (Lipinski definition) is 6. The molecule has 2 atom stereocenters. The molecule has 0 radical (unpaired) electrons. The van der Waals surface area contributed by atoms with E-state index >= 15 is 4.39 Å². The molecule has 1 aromatic heterocycles. The number of Topliss-reactive ketones (excluding diaryl/α,β-unsaturated/α-hetero) is 1. The van der Waals surface area contributed by atoms with E-state index in [2.05, 4.69) is 31.1 Å². The Bertz CT molecular complexity index is 1410. The van der Waals surface area contributed by atoms with Gasteiger partial charge in [-0.15, -0.1) is 0 Å². The van der Waals surface area contributed by atoms with Gasteiger partial charge in [0.25, 0.3) is 0 Å². The first-order chi connectivity index (χ1) is 19.2. The summed E-state index contributed by atoms with van der Waals surface area (Å²) in [5.74, 6) is -2.34. The van der Waals surface area contributed by atoms with Gasteiger partial charge in [-0.05, 0) is 18.2 Å². The van der Waals surface area contributed by atoms with E-state index in [1.165, 1.54) is 31.6 Å². The van der Waals surface area contributed by atoms with Crippen LogP contribution in [0.3, 0.4) is 0 Å². The Labute approximate surface area is 226 Å². The summed E-state index contributed by atoms with van der Waals surface area (Å²) in [5.41, 5.74) is 8.72. The van der Waals surface area contributed by atoms with E-state index in [0.29, 0.717) is 5.82 Å². The van der Waals surface area contributed by atoms with E-state index in [-0.39, 0.29) is 52.8 Å². The van der Waals surface area contributed by atoms with Crippen molar-refractivity contribution in [1.29, 1.82) is 5.41 Å². The molecule has 4 rings (SSSR count). The second-order valence-electron chi connectivity index (χ2n) is 8.60. The number of ether oxygens (including phenoxy) is 2. The maximum Gasteiger partial charge on any atom is 0.307 e.